The van der Waals surface area contributed by atoms with E-state index in [2.05, 4.69) is 10.2 Å². The molecule has 0 aliphatic rings. The number of carbonyl (C=O) groups excluding carboxylic acids is 1. The van der Waals surface area contributed by atoms with Crippen LogP contribution in [0.15, 0.2) is 58.2 Å². The molecule has 0 aliphatic carbocycles. The number of hydrogen-bond donors (Lipinski definition) is 0. The minimum absolute atomic E-state index is 0.0326. The Morgan fingerprint density at radius 3 is 2.46 bits per heavy atom. The van der Waals surface area contributed by atoms with Crippen molar-refractivity contribution in [2.24, 2.45) is 0 Å². The van der Waals surface area contributed by atoms with Gasteiger partial charge < -0.3 is 13.9 Å². The lowest BCUT2D eigenvalue weighted by Crippen LogP contribution is -2.02. The Morgan fingerprint density at radius 2 is 1.77 bits per heavy atom. The molecule has 3 rings (SSSR count). The van der Waals surface area contributed by atoms with Crippen molar-refractivity contribution in [1.82, 2.24) is 10.2 Å². The molecule has 0 saturated heterocycles. The molecule has 0 bridgehead atoms. The Hall–Kier alpha value is -2.51. The number of rotatable bonds is 8. The van der Waals surface area contributed by atoms with Crippen LogP contribution in [0.25, 0.3) is 0 Å². The molecule has 6 nitrogen and oxygen atoms in total. The van der Waals surface area contributed by atoms with Gasteiger partial charge in [0.1, 0.15) is 11.5 Å². The van der Waals surface area contributed by atoms with E-state index in [0.717, 1.165) is 0 Å². The van der Waals surface area contributed by atoms with Gasteiger partial charge in [-0.3, -0.25) is 4.79 Å². The van der Waals surface area contributed by atoms with Crippen molar-refractivity contribution >= 4 is 29.1 Å². The lowest BCUT2D eigenvalue weighted by atomic mass is 10.1. The van der Waals surface area contributed by atoms with Crippen molar-refractivity contribution in [3.8, 4) is 11.5 Å². The third kappa shape index (κ3) is 5.00. The zero-order valence-electron chi connectivity index (χ0n) is 13.8. The molecule has 0 N–H and O–H groups in total. The van der Waals surface area contributed by atoms with Crippen LogP contribution in [0, 0.1) is 0 Å². The maximum absolute atomic E-state index is 12.2. The topological polar surface area (TPSA) is 74.5 Å². The molecule has 0 aliphatic heterocycles. The normalized spacial score (nSPS) is 10.5. The molecule has 134 valence electrons. The van der Waals surface area contributed by atoms with Crippen LogP contribution in [0.5, 0.6) is 11.5 Å². The van der Waals surface area contributed by atoms with E-state index in [1.807, 2.05) is 0 Å². The lowest BCUT2D eigenvalue weighted by molar-refractivity contribution is 0.102. The monoisotopic (exact) mass is 390 g/mol. The molecule has 0 amide bonds. The van der Waals surface area contributed by atoms with Gasteiger partial charge in [-0.15, -0.1) is 10.2 Å². The second-order valence-electron chi connectivity index (χ2n) is 5.14. The largest absolute Gasteiger partial charge is 0.497 e. The molecule has 0 saturated carbocycles. The molecule has 0 unspecified atom stereocenters. The van der Waals surface area contributed by atoms with Gasteiger partial charge in [-0.1, -0.05) is 23.4 Å². The zero-order chi connectivity index (χ0) is 18.4. The summed E-state index contributed by atoms with van der Waals surface area (Å²) in [4.78, 5) is 12.2. The molecule has 0 fully saturated rings. The van der Waals surface area contributed by atoms with Crippen LogP contribution in [0.4, 0.5) is 0 Å². The summed E-state index contributed by atoms with van der Waals surface area (Å²) < 4.78 is 16.1. The van der Waals surface area contributed by atoms with Crippen LogP contribution in [-0.4, -0.2) is 28.8 Å². The summed E-state index contributed by atoms with van der Waals surface area (Å²) in [7, 11) is 1.58. The Kier molecular flexibility index (Phi) is 6.14. The smallest absolute Gasteiger partial charge is 0.277 e. The minimum atomic E-state index is -0.0326. The molecular weight excluding hydrogens is 376 g/mol. The molecule has 3 aromatic rings. The number of hydrogen-bond acceptors (Lipinski definition) is 7. The van der Waals surface area contributed by atoms with Crippen molar-refractivity contribution < 1.29 is 18.7 Å². The fourth-order valence-electron chi connectivity index (χ4n) is 2.02. The SMILES string of the molecule is COc1ccc(C(=O)CSc2nnc(COc3ccc(Cl)cc3)o2)cc1. The van der Waals surface area contributed by atoms with Crippen LogP contribution in [0.1, 0.15) is 16.2 Å². The fraction of sp³-hybridized carbons (Fsp3) is 0.167. The second-order valence-corrected chi connectivity index (χ2v) is 6.51. The van der Waals surface area contributed by atoms with Crippen molar-refractivity contribution in [2.75, 3.05) is 12.9 Å². The second kappa shape index (κ2) is 8.73. The van der Waals surface area contributed by atoms with E-state index < -0.39 is 0 Å². The van der Waals surface area contributed by atoms with E-state index >= 15 is 0 Å². The number of nitrogens with zero attached hydrogens (tertiary/aromatic N) is 2. The summed E-state index contributed by atoms with van der Waals surface area (Å²) in [6.07, 6.45) is 0. The lowest BCUT2D eigenvalue weighted by Gasteiger charge is -2.02. The van der Waals surface area contributed by atoms with Crippen LogP contribution in [-0.2, 0) is 6.61 Å². The zero-order valence-corrected chi connectivity index (χ0v) is 15.4. The van der Waals surface area contributed by atoms with E-state index in [0.29, 0.717) is 33.2 Å². The molecule has 26 heavy (non-hydrogen) atoms. The van der Waals surface area contributed by atoms with E-state index in [1.165, 1.54) is 11.8 Å². The highest BCUT2D eigenvalue weighted by Crippen LogP contribution is 2.21. The van der Waals surface area contributed by atoms with Gasteiger partial charge in [0.25, 0.3) is 11.1 Å². The first kappa shape index (κ1) is 18.3. The summed E-state index contributed by atoms with van der Waals surface area (Å²) in [5.74, 6) is 1.86. The highest BCUT2D eigenvalue weighted by molar-refractivity contribution is 7.99. The van der Waals surface area contributed by atoms with Gasteiger partial charge in [-0.05, 0) is 48.5 Å². The highest BCUT2D eigenvalue weighted by atomic mass is 35.5. The molecular formula is C18H15ClN2O4S. The molecule has 0 atom stereocenters. The predicted molar refractivity (Wildman–Crippen MR) is 98.1 cm³/mol. The Bertz CT molecular complexity index is 866. The predicted octanol–water partition coefficient (Wildman–Crippen LogP) is 4.29. The van der Waals surface area contributed by atoms with Crippen molar-refractivity contribution in [3.63, 3.8) is 0 Å². The van der Waals surface area contributed by atoms with Crippen molar-refractivity contribution in [1.29, 1.82) is 0 Å². The van der Waals surface area contributed by atoms with Crippen LogP contribution < -0.4 is 9.47 Å². The Labute approximate surface area is 159 Å². The van der Waals surface area contributed by atoms with E-state index in [1.54, 1.807) is 55.6 Å². The Morgan fingerprint density at radius 1 is 1.08 bits per heavy atom. The van der Waals surface area contributed by atoms with Crippen molar-refractivity contribution in [2.45, 2.75) is 11.8 Å². The van der Waals surface area contributed by atoms with Gasteiger partial charge in [-0.25, -0.2) is 0 Å². The quantitative estimate of drug-likeness (QED) is 0.419. The maximum atomic E-state index is 12.2. The van der Waals surface area contributed by atoms with E-state index in [4.69, 9.17) is 25.5 Å². The van der Waals surface area contributed by atoms with Crippen LogP contribution in [0.3, 0.4) is 0 Å². The standard InChI is InChI=1S/C18H15ClN2O4S/c1-23-14-6-2-12(3-7-14)16(22)11-26-18-21-20-17(25-18)10-24-15-8-4-13(19)5-9-15/h2-9H,10-11H2,1H3. The number of carbonyl (C=O) groups is 1. The van der Waals surface area contributed by atoms with Crippen LogP contribution in [0.2, 0.25) is 5.02 Å². The number of Topliss-reactive ketones (excluding diaryl/α,β-unsaturated/α-hetero) is 1. The maximum Gasteiger partial charge on any atom is 0.277 e. The van der Waals surface area contributed by atoms with E-state index in [-0.39, 0.29) is 18.1 Å². The molecule has 0 radical (unpaired) electrons. The number of thioether (sulfide) groups is 1. The summed E-state index contributed by atoms with van der Waals surface area (Å²) in [5.41, 5.74) is 0.601. The average Bonchev–Trinajstić information content (AvgIpc) is 3.13. The van der Waals surface area contributed by atoms with Gasteiger partial charge >= 0.3 is 0 Å². The molecule has 1 heterocycles. The van der Waals surface area contributed by atoms with Gasteiger partial charge in [0, 0.05) is 10.6 Å². The summed E-state index contributed by atoms with van der Waals surface area (Å²) in [6, 6.07) is 13.9. The molecule has 0 spiro atoms. The first-order chi connectivity index (χ1) is 12.6. The molecule has 8 heteroatoms. The number of halogens is 1. The minimum Gasteiger partial charge on any atom is -0.497 e. The Balaban J connectivity index is 1.49. The number of methoxy groups -OCH3 is 1. The van der Waals surface area contributed by atoms with Gasteiger partial charge in [0.05, 0.1) is 12.9 Å². The fourth-order valence-corrected chi connectivity index (χ4v) is 2.82. The molecule has 1 aromatic heterocycles. The third-order valence-electron chi connectivity index (χ3n) is 3.36. The summed E-state index contributed by atoms with van der Waals surface area (Å²) in [6.45, 7) is 0.140. The van der Waals surface area contributed by atoms with Gasteiger partial charge in [-0.2, -0.15) is 0 Å². The number of benzene rings is 2. The number of ether oxygens (including phenoxy) is 2. The molecule has 2 aromatic carbocycles. The van der Waals surface area contributed by atoms with Gasteiger partial charge in [0.2, 0.25) is 0 Å². The van der Waals surface area contributed by atoms with E-state index in [9.17, 15) is 4.79 Å². The highest BCUT2D eigenvalue weighted by Gasteiger charge is 2.12. The first-order valence-corrected chi connectivity index (χ1v) is 9.01. The van der Waals surface area contributed by atoms with Crippen LogP contribution >= 0.6 is 23.4 Å². The summed E-state index contributed by atoms with van der Waals surface area (Å²) in [5, 5.41) is 8.77. The summed E-state index contributed by atoms with van der Waals surface area (Å²) >= 11 is 7.00. The number of ketones is 1. The van der Waals surface area contributed by atoms with Crippen molar-refractivity contribution in [3.05, 3.63) is 65.0 Å². The first-order valence-electron chi connectivity index (χ1n) is 7.65. The van der Waals surface area contributed by atoms with Gasteiger partial charge in [0.15, 0.2) is 12.4 Å². The average molecular weight is 391 g/mol. The third-order valence-corrected chi connectivity index (χ3v) is 4.43. The number of aromatic nitrogens is 2.